The first kappa shape index (κ1) is 10.6. The molecule has 0 aliphatic rings. The third-order valence-electron chi connectivity index (χ3n) is 1.34. The summed E-state index contributed by atoms with van der Waals surface area (Å²) in [5.41, 5.74) is 0. The number of amides is 1. The van der Waals surface area contributed by atoms with Crippen molar-refractivity contribution in [3.63, 3.8) is 0 Å². The topological polar surface area (TPSA) is 89.1 Å². The van der Waals surface area contributed by atoms with Crippen molar-refractivity contribution in [3.8, 4) is 0 Å². The van der Waals surface area contributed by atoms with Crippen LogP contribution in [0.5, 0.6) is 0 Å². The summed E-state index contributed by atoms with van der Waals surface area (Å²) < 4.78 is 9.73. The Morgan fingerprint density at radius 2 is 2.50 bits per heavy atom. The van der Waals surface area contributed by atoms with Crippen LogP contribution in [0.3, 0.4) is 0 Å². The monoisotopic (exact) mass is 200 g/mol. The van der Waals surface area contributed by atoms with E-state index >= 15 is 0 Å². The molecule has 78 valence electrons. The van der Waals surface area contributed by atoms with Gasteiger partial charge in [-0.1, -0.05) is 0 Å². The van der Waals surface area contributed by atoms with E-state index in [1.54, 1.807) is 7.11 Å². The first-order valence-electron chi connectivity index (χ1n) is 4.05. The van der Waals surface area contributed by atoms with Gasteiger partial charge in [0.05, 0.1) is 13.2 Å². The molecular weight excluding hydrogens is 188 g/mol. The zero-order chi connectivity index (χ0) is 10.2. The summed E-state index contributed by atoms with van der Waals surface area (Å²) in [7, 11) is 1.57. The smallest absolute Gasteiger partial charge is 0.252 e. The molecule has 1 aromatic rings. The molecule has 7 nitrogen and oxygen atoms in total. The summed E-state index contributed by atoms with van der Waals surface area (Å²) >= 11 is 0. The van der Waals surface area contributed by atoms with Crippen molar-refractivity contribution in [2.24, 2.45) is 0 Å². The van der Waals surface area contributed by atoms with Gasteiger partial charge in [-0.05, 0) is 0 Å². The average molecular weight is 200 g/mol. The average Bonchev–Trinajstić information content (AvgIpc) is 2.65. The third-order valence-corrected chi connectivity index (χ3v) is 1.34. The molecule has 0 atom stereocenters. The van der Waals surface area contributed by atoms with E-state index in [-0.39, 0.29) is 12.5 Å². The number of H-pyrrole nitrogens is 1. The van der Waals surface area contributed by atoms with Crippen molar-refractivity contribution < 1.29 is 14.3 Å². The highest BCUT2D eigenvalue weighted by Crippen LogP contribution is 1.91. The second-order valence-electron chi connectivity index (χ2n) is 2.43. The van der Waals surface area contributed by atoms with E-state index in [9.17, 15) is 4.79 Å². The van der Waals surface area contributed by atoms with Crippen LogP contribution in [0.25, 0.3) is 0 Å². The van der Waals surface area contributed by atoms with E-state index in [2.05, 4.69) is 20.5 Å². The molecule has 0 saturated heterocycles. The van der Waals surface area contributed by atoms with Gasteiger partial charge in [-0.15, -0.1) is 0 Å². The highest BCUT2D eigenvalue weighted by Gasteiger charge is 2.03. The van der Waals surface area contributed by atoms with Crippen molar-refractivity contribution in [1.29, 1.82) is 0 Å². The SMILES string of the molecule is COCCOCC(=O)Nc1ncn[nH]1. The van der Waals surface area contributed by atoms with E-state index in [0.29, 0.717) is 19.2 Å². The van der Waals surface area contributed by atoms with E-state index in [1.807, 2.05) is 0 Å². The Bertz CT molecular complexity index is 262. The summed E-state index contributed by atoms with van der Waals surface area (Å²) in [5, 5.41) is 8.53. The van der Waals surface area contributed by atoms with Gasteiger partial charge in [-0.2, -0.15) is 10.1 Å². The summed E-state index contributed by atoms with van der Waals surface area (Å²) in [6.45, 7) is 0.833. The molecule has 0 fully saturated rings. The minimum atomic E-state index is -0.280. The standard InChI is InChI=1S/C7H12N4O3/c1-13-2-3-14-4-6(12)10-7-8-5-9-11-7/h5H,2-4H2,1H3,(H2,8,9,10,11,12). The molecular formula is C7H12N4O3. The number of carbonyl (C=O) groups excluding carboxylic acids is 1. The second kappa shape index (κ2) is 6.06. The van der Waals surface area contributed by atoms with Crippen LogP contribution in [0, 0.1) is 0 Å². The molecule has 7 heteroatoms. The van der Waals surface area contributed by atoms with Crippen molar-refractivity contribution >= 4 is 11.9 Å². The Kier molecular flexibility index (Phi) is 4.59. The number of carbonyl (C=O) groups is 1. The number of methoxy groups -OCH3 is 1. The van der Waals surface area contributed by atoms with Crippen LogP contribution >= 0.6 is 0 Å². The Morgan fingerprint density at radius 3 is 3.14 bits per heavy atom. The fourth-order valence-corrected chi connectivity index (χ4v) is 0.741. The number of aromatic amines is 1. The van der Waals surface area contributed by atoms with Gasteiger partial charge in [-0.3, -0.25) is 10.1 Å². The maximum Gasteiger partial charge on any atom is 0.252 e. The number of aromatic nitrogens is 3. The van der Waals surface area contributed by atoms with Crippen LogP contribution in [-0.2, 0) is 14.3 Å². The lowest BCUT2D eigenvalue weighted by atomic mass is 10.6. The van der Waals surface area contributed by atoms with Crippen LogP contribution in [-0.4, -0.2) is 48.0 Å². The molecule has 0 saturated carbocycles. The number of nitrogens with one attached hydrogen (secondary N) is 2. The molecule has 1 amide bonds. The van der Waals surface area contributed by atoms with E-state index in [4.69, 9.17) is 9.47 Å². The molecule has 0 unspecified atom stereocenters. The predicted molar refractivity (Wildman–Crippen MR) is 47.7 cm³/mol. The fraction of sp³-hybridized carbons (Fsp3) is 0.571. The zero-order valence-electron chi connectivity index (χ0n) is 7.82. The zero-order valence-corrected chi connectivity index (χ0v) is 7.82. The van der Waals surface area contributed by atoms with Gasteiger partial charge in [0.1, 0.15) is 12.9 Å². The number of hydrogen-bond donors (Lipinski definition) is 2. The summed E-state index contributed by atoms with van der Waals surface area (Å²) in [4.78, 5) is 14.8. The maximum absolute atomic E-state index is 11.1. The molecule has 2 N–H and O–H groups in total. The number of rotatable bonds is 6. The Balaban J connectivity index is 2.11. The lowest BCUT2D eigenvalue weighted by Gasteiger charge is -2.02. The highest BCUT2D eigenvalue weighted by molar-refractivity contribution is 5.89. The molecule has 0 radical (unpaired) electrons. The molecule has 14 heavy (non-hydrogen) atoms. The van der Waals surface area contributed by atoms with Gasteiger partial charge < -0.3 is 9.47 Å². The van der Waals surface area contributed by atoms with E-state index < -0.39 is 0 Å². The number of hydrogen-bond acceptors (Lipinski definition) is 5. The van der Waals surface area contributed by atoms with Gasteiger partial charge in [0.15, 0.2) is 0 Å². The minimum absolute atomic E-state index is 0.0238. The molecule has 1 heterocycles. The number of anilines is 1. The Labute approximate surface area is 80.8 Å². The fourth-order valence-electron chi connectivity index (χ4n) is 0.741. The Morgan fingerprint density at radius 1 is 1.64 bits per heavy atom. The summed E-state index contributed by atoms with van der Waals surface area (Å²) in [6.07, 6.45) is 1.31. The van der Waals surface area contributed by atoms with Crippen LogP contribution in [0.4, 0.5) is 5.95 Å². The van der Waals surface area contributed by atoms with Crippen molar-refractivity contribution in [2.75, 3.05) is 32.2 Å². The minimum Gasteiger partial charge on any atom is -0.382 e. The highest BCUT2D eigenvalue weighted by atomic mass is 16.5. The number of ether oxygens (including phenoxy) is 2. The van der Waals surface area contributed by atoms with Crippen LogP contribution in [0.2, 0.25) is 0 Å². The third kappa shape index (κ3) is 3.97. The molecule has 1 aromatic heterocycles. The van der Waals surface area contributed by atoms with Crippen LogP contribution in [0.15, 0.2) is 6.33 Å². The lowest BCUT2D eigenvalue weighted by molar-refractivity contribution is -0.121. The summed E-state index contributed by atoms with van der Waals surface area (Å²) in [6, 6.07) is 0. The van der Waals surface area contributed by atoms with Gasteiger partial charge in [-0.25, -0.2) is 5.10 Å². The summed E-state index contributed by atoms with van der Waals surface area (Å²) in [5.74, 6) is 0.0307. The molecule has 0 aliphatic heterocycles. The van der Waals surface area contributed by atoms with Crippen LogP contribution < -0.4 is 5.32 Å². The van der Waals surface area contributed by atoms with Crippen molar-refractivity contribution in [2.45, 2.75) is 0 Å². The van der Waals surface area contributed by atoms with Gasteiger partial charge in [0.2, 0.25) is 5.95 Å². The largest absolute Gasteiger partial charge is 0.382 e. The quantitative estimate of drug-likeness (QED) is 0.599. The van der Waals surface area contributed by atoms with Crippen molar-refractivity contribution in [1.82, 2.24) is 15.2 Å². The van der Waals surface area contributed by atoms with Crippen LogP contribution in [0.1, 0.15) is 0 Å². The molecule has 0 aromatic carbocycles. The molecule has 1 rings (SSSR count). The predicted octanol–water partition coefficient (Wildman–Crippen LogP) is -0.594. The molecule has 0 aliphatic carbocycles. The van der Waals surface area contributed by atoms with Crippen molar-refractivity contribution in [3.05, 3.63) is 6.33 Å². The molecule has 0 spiro atoms. The molecule has 0 bridgehead atoms. The first-order valence-corrected chi connectivity index (χ1v) is 4.05. The first-order chi connectivity index (χ1) is 6.83. The van der Waals surface area contributed by atoms with Gasteiger partial charge >= 0.3 is 0 Å². The van der Waals surface area contributed by atoms with E-state index in [0.717, 1.165) is 0 Å². The van der Waals surface area contributed by atoms with Gasteiger partial charge in [0, 0.05) is 7.11 Å². The number of nitrogens with zero attached hydrogens (tertiary/aromatic N) is 2. The van der Waals surface area contributed by atoms with E-state index in [1.165, 1.54) is 6.33 Å². The second-order valence-corrected chi connectivity index (χ2v) is 2.43. The maximum atomic E-state index is 11.1. The normalized spacial score (nSPS) is 10.1. The van der Waals surface area contributed by atoms with Gasteiger partial charge in [0.25, 0.3) is 5.91 Å². The Hall–Kier alpha value is -1.47. The lowest BCUT2D eigenvalue weighted by Crippen LogP contribution is -2.20.